The molecule has 0 spiro atoms. The van der Waals surface area contributed by atoms with E-state index in [-0.39, 0.29) is 29.9 Å². The lowest BCUT2D eigenvalue weighted by molar-refractivity contribution is -0.121. The minimum atomic E-state index is 0. The molecular formula is C24H34IN5O2. The molecule has 8 heteroatoms. The molecule has 0 bridgehead atoms. The van der Waals surface area contributed by atoms with Crippen molar-refractivity contribution in [3.63, 3.8) is 0 Å². The van der Waals surface area contributed by atoms with Gasteiger partial charge in [0.05, 0.1) is 13.7 Å². The summed E-state index contributed by atoms with van der Waals surface area (Å²) in [6.45, 7) is 7.47. The van der Waals surface area contributed by atoms with Crippen molar-refractivity contribution in [2.45, 2.75) is 19.9 Å². The Kier molecular flexibility index (Phi) is 11.1. The first-order chi connectivity index (χ1) is 15.2. The Hall–Kier alpha value is -2.49. The van der Waals surface area contributed by atoms with Crippen molar-refractivity contribution in [1.82, 2.24) is 15.5 Å². The number of carbonyl (C=O) groups is 1. The standard InChI is InChI=1S/C24H33N5O2.HI/c1-3-25-24(26-13-12-23(30)27-19-20-8-5-4-6-9-20)29-16-14-28(15-17-29)21-10-7-11-22(18-21)31-2;/h4-11,18H,3,12-17,19H2,1-2H3,(H,25,26)(H,27,30);1H. The highest BCUT2D eigenvalue weighted by Gasteiger charge is 2.20. The van der Waals surface area contributed by atoms with E-state index < -0.39 is 0 Å². The Labute approximate surface area is 208 Å². The van der Waals surface area contributed by atoms with Crippen LogP contribution in [-0.2, 0) is 11.3 Å². The van der Waals surface area contributed by atoms with Crippen LogP contribution < -0.4 is 20.3 Å². The van der Waals surface area contributed by atoms with Gasteiger partial charge in [-0.3, -0.25) is 9.79 Å². The van der Waals surface area contributed by atoms with E-state index in [1.54, 1.807) is 7.11 Å². The van der Waals surface area contributed by atoms with Gasteiger partial charge in [-0.1, -0.05) is 36.4 Å². The molecule has 1 heterocycles. The number of benzene rings is 2. The molecule has 1 amide bonds. The van der Waals surface area contributed by atoms with E-state index in [1.807, 2.05) is 42.5 Å². The predicted molar refractivity (Wildman–Crippen MR) is 141 cm³/mol. The molecule has 1 aliphatic rings. The third-order valence-electron chi connectivity index (χ3n) is 5.27. The first-order valence-corrected chi connectivity index (χ1v) is 10.9. The van der Waals surface area contributed by atoms with Crippen molar-refractivity contribution in [1.29, 1.82) is 0 Å². The number of nitrogens with zero attached hydrogens (tertiary/aromatic N) is 3. The molecule has 1 saturated heterocycles. The number of aliphatic imine (C=N–C) groups is 1. The number of piperazine rings is 1. The van der Waals surface area contributed by atoms with Crippen molar-refractivity contribution in [3.8, 4) is 5.75 Å². The maximum absolute atomic E-state index is 12.2. The van der Waals surface area contributed by atoms with Gasteiger partial charge in [-0.2, -0.15) is 0 Å². The second-order valence-corrected chi connectivity index (χ2v) is 7.42. The van der Waals surface area contributed by atoms with Crippen molar-refractivity contribution >= 4 is 41.5 Å². The second-order valence-electron chi connectivity index (χ2n) is 7.42. The number of nitrogens with one attached hydrogen (secondary N) is 2. The molecule has 32 heavy (non-hydrogen) atoms. The maximum atomic E-state index is 12.2. The molecule has 174 valence electrons. The molecule has 3 rings (SSSR count). The topological polar surface area (TPSA) is 69.2 Å². The summed E-state index contributed by atoms with van der Waals surface area (Å²) in [5.74, 6) is 1.77. The fourth-order valence-electron chi connectivity index (χ4n) is 3.56. The summed E-state index contributed by atoms with van der Waals surface area (Å²) in [4.78, 5) is 21.5. The SMILES string of the molecule is CCNC(=NCCC(=O)NCc1ccccc1)N1CCN(c2cccc(OC)c2)CC1.I. The molecule has 2 aromatic rings. The van der Waals surface area contributed by atoms with Gasteiger partial charge in [0.1, 0.15) is 5.75 Å². The Morgan fingerprint density at radius 3 is 2.47 bits per heavy atom. The van der Waals surface area contributed by atoms with Crippen LogP contribution in [0.3, 0.4) is 0 Å². The van der Waals surface area contributed by atoms with Gasteiger partial charge in [0.25, 0.3) is 0 Å². The Bertz CT molecular complexity index is 854. The van der Waals surface area contributed by atoms with Crippen LogP contribution in [0.1, 0.15) is 18.9 Å². The van der Waals surface area contributed by atoms with Crippen LogP contribution in [0, 0.1) is 0 Å². The van der Waals surface area contributed by atoms with Crippen LogP contribution in [0.25, 0.3) is 0 Å². The molecule has 2 aromatic carbocycles. The quantitative estimate of drug-likeness (QED) is 0.300. The molecule has 7 nitrogen and oxygen atoms in total. The van der Waals surface area contributed by atoms with Crippen molar-refractivity contribution < 1.29 is 9.53 Å². The summed E-state index contributed by atoms with van der Waals surface area (Å²) in [6.07, 6.45) is 0.380. The number of methoxy groups -OCH3 is 1. The summed E-state index contributed by atoms with van der Waals surface area (Å²) >= 11 is 0. The van der Waals surface area contributed by atoms with E-state index in [2.05, 4.69) is 44.5 Å². The van der Waals surface area contributed by atoms with E-state index in [9.17, 15) is 4.79 Å². The third kappa shape index (κ3) is 7.89. The van der Waals surface area contributed by atoms with Crippen molar-refractivity contribution in [3.05, 3.63) is 60.2 Å². The zero-order valence-corrected chi connectivity index (χ0v) is 21.2. The third-order valence-corrected chi connectivity index (χ3v) is 5.27. The van der Waals surface area contributed by atoms with Crippen LogP contribution >= 0.6 is 24.0 Å². The van der Waals surface area contributed by atoms with Crippen LogP contribution in [-0.4, -0.2) is 63.1 Å². The van der Waals surface area contributed by atoms with Gasteiger partial charge in [0.15, 0.2) is 5.96 Å². The smallest absolute Gasteiger partial charge is 0.222 e. The number of hydrogen-bond acceptors (Lipinski definition) is 4. The highest BCUT2D eigenvalue weighted by Crippen LogP contribution is 2.22. The number of anilines is 1. The minimum Gasteiger partial charge on any atom is -0.497 e. The van der Waals surface area contributed by atoms with Gasteiger partial charge in [-0.05, 0) is 24.6 Å². The number of guanidine groups is 1. The average Bonchev–Trinajstić information content (AvgIpc) is 2.83. The average molecular weight is 551 g/mol. The zero-order valence-electron chi connectivity index (χ0n) is 18.9. The maximum Gasteiger partial charge on any atom is 0.222 e. The van der Waals surface area contributed by atoms with Gasteiger partial charge in [-0.15, -0.1) is 24.0 Å². The highest BCUT2D eigenvalue weighted by atomic mass is 127. The minimum absolute atomic E-state index is 0. The Morgan fingerprint density at radius 2 is 1.78 bits per heavy atom. The molecule has 2 N–H and O–H groups in total. The summed E-state index contributed by atoms with van der Waals surface area (Å²) < 4.78 is 5.34. The van der Waals surface area contributed by atoms with Crippen LogP contribution in [0.5, 0.6) is 5.75 Å². The number of rotatable bonds is 8. The summed E-state index contributed by atoms with van der Waals surface area (Å²) in [6, 6.07) is 18.1. The first-order valence-electron chi connectivity index (χ1n) is 10.9. The van der Waals surface area contributed by atoms with Crippen molar-refractivity contribution in [2.24, 2.45) is 4.99 Å². The number of halogens is 1. The normalized spacial score (nSPS) is 13.9. The number of amides is 1. The summed E-state index contributed by atoms with van der Waals surface area (Å²) in [5.41, 5.74) is 2.28. The predicted octanol–water partition coefficient (Wildman–Crippen LogP) is 3.11. The molecular weight excluding hydrogens is 517 g/mol. The van der Waals surface area contributed by atoms with E-state index in [1.165, 1.54) is 5.69 Å². The zero-order chi connectivity index (χ0) is 21.9. The van der Waals surface area contributed by atoms with Crippen molar-refractivity contribution in [2.75, 3.05) is 51.3 Å². The number of hydrogen-bond donors (Lipinski definition) is 2. The molecule has 0 saturated carbocycles. The molecule has 0 unspecified atom stereocenters. The lowest BCUT2D eigenvalue weighted by atomic mass is 10.2. The fraction of sp³-hybridized carbons (Fsp3) is 0.417. The van der Waals surface area contributed by atoms with E-state index >= 15 is 0 Å². The molecule has 1 aliphatic heterocycles. The van der Waals surface area contributed by atoms with E-state index in [4.69, 9.17) is 4.74 Å². The highest BCUT2D eigenvalue weighted by molar-refractivity contribution is 14.0. The van der Waals surface area contributed by atoms with Crippen LogP contribution in [0.4, 0.5) is 5.69 Å². The summed E-state index contributed by atoms with van der Waals surface area (Å²) in [7, 11) is 1.69. The largest absolute Gasteiger partial charge is 0.497 e. The van der Waals surface area contributed by atoms with Gasteiger partial charge < -0.3 is 25.2 Å². The molecule has 1 fully saturated rings. The lowest BCUT2D eigenvalue weighted by Gasteiger charge is -2.37. The van der Waals surface area contributed by atoms with Gasteiger partial charge in [-0.25, -0.2) is 0 Å². The van der Waals surface area contributed by atoms with Gasteiger partial charge >= 0.3 is 0 Å². The number of carbonyl (C=O) groups excluding carboxylic acids is 1. The second kappa shape index (κ2) is 13.8. The van der Waals surface area contributed by atoms with Gasteiger partial charge in [0, 0.05) is 57.4 Å². The molecule has 0 aromatic heterocycles. The molecule has 0 radical (unpaired) electrons. The molecule has 0 atom stereocenters. The number of ether oxygens (including phenoxy) is 1. The van der Waals surface area contributed by atoms with E-state index in [0.29, 0.717) is 19.5 Å². The monoisotopic (exact) mass is 551 g/mol. The summed E-state index contributed by atoms with van der Waals surface area (Å²) in [5, 5.41) is 6.32. The van der Waals surface area contributed by atoms with E-state index in [0.717, 1.165) is 50.0 Å². The fourth-order valence-corrected chi connectivity index (χ4v) is 3.56. The van der Waals surface area contributed by atoms with Crippen LogP contribution in [0.2, 0.25) is 0 Å². The Balaban J connectivity index is 0.00000363. The molecule has 0 aliphatic carbocycles. The first kappa shape index (κ1) is 25.8. The van der Waals surface area contributed by atoms with Crippen LogP contribution in [0.15, 0.2) is 59.6 Å². The van der Waals surface area contributed by atoms with Gasteiger partial charge in [0.2, 0.25) is 5.91 Å². The Morgan fingerprint density at radius 1 is 1.03 bits per heavy atom. The lowest BCUT2D eigenvalue weighted by Crippen LogP contribution is -2.52.